The molecule has 0 bridgehead atoms. The van der Waals surface area contributed by atoms with Gasteiger partial charge in [-0.25, -0.2) is 13.1 Å². The molecule has 0 spiro atoms. The van der Waals surface area contributed by atoms with E-state index >= 15 is 0 Å². The first-order chi connectivity index (χ1) is 8.81. The fraction of sp³-hybridized carbons (Fsp3) is 0.500. The molecule has 0 aromatic heterocycles. The van der Waals surface area contributed by atoms with E-state index in [0.29, 0.717) is 5.75 Å². The third-order valence-electron chi connectivity index (χ3n) is 2.54. The lowest BCUT2D eigenvalue weighted by Crippen LogP contribution is -2.31. The van der Waals surface area contributed by atoms with Crippen LogP contribution in [0.15, 0.2) is 17.0 Å². The van der Waals surface area contributed by atoms with Crippen molar-refractivity contribution in [2.45, 2.75) is 24.8 Å². The minimum Gasteiger partial charge on any atom is -0.496 e. The van der Waals surface area contributed by atoms with Crippen LogP contribution in [0.5, 0.6) is 11.5 Å². The monoisotopic (exact) mass is 289 g/mol. The van der Waals surface area contributed by atoms with E-state index in [1.54, 1.807) is 13.0 Å². The van der Waals surface area contributed by atoms with Gasteiger partial charge in [0.15, 0.2) is 0 Å². The quantitative estimate of drug-likeness (QED) is 0.804. The number of nitrogens with one attached hydrogen (secondary N) is 1. The molecule has 0 radical (unpaired) electrons. The summed E-state index contributed by atoms with van der Waals surface area (Å²) in [6, 6.07) is 2.99. The smallest absolute Gasteiger partial charge is 0.244 e. The zero-order chi connectivity index (χ0) is 14.6. The number of hydrogen-bond acceptors (Lipinski definition) is 5. The van der Waals surface area contributed by atoms with E-state index in [1.807, 2.05) is 0 Å². The molecule has 0 aliphatic heterocycles. The molecular formula is C12H19NO5S. The summed E-state index contributed by atoms with van der Waals surface area (Å²) in [5.74, 6) is 0.689. The predicted molar refractivity (Wildman–Crippen MR) is 71.2 cm³/mol. The van der Waals surface area contributed by atoms with Gasteiger partial charge in [0.2, 0.25) is 10.0 Å². The van der Waals surface area contributed by atoms with E-state index in [9.17, 15) is 8.42 Å². The van der Waals surface area contributed by atoms with Gasteiger partial charge in [-0.2, -0.15) is 0 Å². The lowest BCUT2D eigenvalue weighted by Gasteiger charge is -2.14. The minimum atomic E-state index is -3.76. The largest absolute Gasteiger partial charge is 0.496 e. The van der Waals surface area contributed by atoms with E-state index in [0.717, 1.165) is 5.56 Å². The zero-order valence-electron chi connectivity index (χ0n) is 11.4. The van der Waals surface area contributed by atoms with Crippen LogP contribution in [0.4, 0.5) is 0 Å². The molecule has 0 amide bonds. The summed E-state index contributed by atoms with van der Waals surface area (Å²) >= 11 is 0. The zero-order valence-corrected chi connectivity index (χ0v) is 12.2. The molecule has 2 N–H and O–H groups in total. The van der Waals surface area contributed by atoms with Crippen LogP contribution in [0.1, 0.15) is 12.5 Å². The lowest BCUT2D eigenvalue weighted by atomic mass is 10.2. The maximum absolute atomic E-state index is 12.1. The molecule has 1 atom stereocenters. The predicted octanol–water partition coefficient (Wildman–Crippen LogP) is 0.671. The van der Waals surface area contributed by atoms with E-state index in [1.165, 1.54) is 27.2 Å². The number of aliphatic hydroxyl groups excluding tert-OH is 1. The van der Waals surface area contributed by atoms with Crippen LogP contribution in [0.3, 0.4) is 0 Å². The first kappa shape index (κ1) is 15.7. The Morgan fingerprint density at radius 2 is 1.84 bits per heavy atom. The Bertz CT molecular complexity index is 539. The van der Waals surface area contributed by atoms with Crippen molar-refractivity contribution in [1.29, 1.82) is 0 Å². The summed E-state index contributed by atoms with van der Waals surface area (Å²) in [6.45, 7) is 3.22. The minimum absolute atomic E-state index is 0.0156. The third-order valence-corrected chi connectivity index (χ3v) is 3.98. The number of aliphatic hydroxyl groups is 1. The van der Waals surface area contributed by atoms with E-state index in [4.69, 9.17) is 14.6 Å². The molecule has 1 aromatic carbocycles. The van der Waals surface area contributed by atoms with Crippen molar-refractivity contribution in [1.82, 2.24) is 4.72 Å². The maximum Gasteiger partial charge on any atom is 0.244 e. The van der Waals surface area contributed by atoms with E-state index in [-0.39, 0.29) is 17.2 Å². The Kier molecular flexibility index (Phi) is 5.16. The molecule has 1 unspecified atom stereocenters. The van der Waals surface area contributed by atoms with E-state index < -0.39 is 16.1 Å². The Morgan fingerprint density at radius 1 is 1.26 bits per heavy atom. The fourth-order valence-electron chi connectivity index (χ4n) is 1.54. The summed E-state index contributed by atoms with van der Waals surface area (Å²) in [5, 5.41) is 9.15. The summed E-state index contributed by atoms with van der Waals surface area (Å²) in [5.41, 5.74) is 0.772. The standard InChI is InChI=1S/C12H19NO5S/c1-8-5-11(18-4)12(6-10(8)17-3)19(15,16)13-7-9(2)14/h5-6,9,13-14H,7H2,1-4H3. The van der Waals surface area contributed by atoms with Gasteiger partial charge in [0, 0.05) is 12.6 Å². The van der Waals surface area contributed by atoms with Gasteiger partial charge in [-0.15, -0.1) is 0 Å². The number of aryl methyl sites for hydroxylation is 1. The SMILES string of the molecule is COc1cc(S(=O)(=O)NCC(C)O)c(OC)cc1C. The normalized spacial score (nSPS) is 13.1. The Hall–Kier alpha value is -1.31. The van der Waals surface area contributed by atoms with Crippen molar-refractivity contribution in [3.05, 3.63) is 17.7 Å². The lowest BCUT2D eigenvalue weighted by molar-refractivity contribution is 0.198. The first-order valence-electron chi connectivity index (χ1n) is 5.72. The van der Waals surface area contributed by atoms with Gasteiger partial charge in [0.05, 0.1) is 20.3 Å². The van der Waals surface area contributed by atoms with Gasteiger partial charge in [0.1, 0.15) is 16.4 Å². The number of rotatable bonds is 6. The number of hydrogen-bond donors (Lipinski definition) is 2. The topological polar surface area (TPSA) is 84.9 Å². The molecule has 0 saturated carbocycles. The summed E-state index contributed by atoms with van der Waals surface area (Å²) < 4.78 is 36.8. The average molecular weight is 289 g/mol. The van der Waals surface area contributed by atoms with Crippen LogP contribution >= 0.6 is 0 Å². The molecule has 0 aliphatic carbocycles. The van der Waals surface area contributed by atoms with Gasteiger partial charge in [-0.1, -0.05) is 0 Å². The third kappa shape index (κ3) is 3.82. The van der Waals surface area contributed by atoms with E-state index in [2.05, 4.69) is 4.72 Å². The highest BCUT2D eigenvalue weighted by Crippen LogP contribution is 2.31. The highest BCUT2D eigenvalue weighted by Gasteiger charge is 2.21. The summed E-state index contributed by atoms with van der Waals surface area (Å²) in [7, 11) is -0.898. The van der Waals surface area contributed by atoms with Crippen molar-refractivity contribution < 1.29 is 23.0 Å². The molecule has 108 valence electrons. The van der Waals surface area contributed by atoms with Gasteiger partial charge >= 0.3 is 0 Å². The van der Waals surface area contributed by atoms with Gasteiger partial charge in [-0.3, -0.25) is 0 Å². The van der Waals surface area contributed by atoms with Gasteiger partial charge in [0.25, 0.3) is 0 Å². The average Bonchev–Trinajstić information content (AvgIpc) is 2.35. The molecule has 0 aliphatic rings. The second-order valence-corrected chi connectivity index (χ2v) is 5.91. The van der Waals surface area contributed by atoms with Crippen molar-refractivity contribution in [3.63, 3.8) is 0 Å². The summed E-state index contributed by atoms with van der Waals surface area (Å²) in [4.78, 5) is -0.0156. The van der Waals surface area contributed by atoms with Crippen LogP contribution in [0, 0.1) is 6.92 Å². The molecule has 0 fully saturated rings. The first-order valence-corrected chi connectivity index (χ1v) is 7.20. The van der Waals surface area contributed by atoms with Crippen molar-refractivity contribution in [2.24, 2.45) is 0 Å². The van der Waals surface area contributed by atoms with Gasteiger partial charge < -0.3 is 14.6 Å². The molecule has 19 heavy (non-hydrogen) atoms. The molecule has 6 nitrogen and oxygen atoms in total. The number of methoxy groups -OCH3 is 2. The van der Waals surface area contributed by atoms with Crippen molar-refractivity contribution in [2.75, 3.05) is 20.8 Å². The molecular weight excluding hydrogens is 270 g/mol. The fourth-order valence-corrected chi connectivity index (χ4v) is 2.83. The van der Waals surface area contributed by atoms with Gasteiger partial charge in [-0.05, 0) is 25.5 Å². The Morgan fingerprint density at radius 3 is 2.32 bits per heavy atom. The van der Waals surface area contributed by atoms with Crippen LogP contribution in [-0.2, 0) is 10.0 Å². The number of sulfonamides is 1. The van der Waals surface area contributed by atoms with Crippen LogP contribution in [0.2, 0.25) is 0 Å². The number of benzene rings is 1. The second-order valence-electron chi connectivity index (χ2n) is 4.17. The molecule has 0 heterocycles. The molecule has 1 rings (SSSR count). The van der Waals surface area contributed by atoms with Crippen molar-refractivity contribution >= 4 is 10.0 Å². The Labute approximate surface area is 113 Å². The maximum atomic E-state index is 12.1. The van der Waals surface area contributed by atoms with Crippen LogP contribution < -0.4 is 14.2 Å². The second kappa shape index (κ2) is 6.23. The highest BCUT2D eigenvalue weighted by atomic mass is 32.2. The van der Waals surface area contributed by atoms with Crippen LogP contribution in [-0.4, -0.2) is 40.4 Å². The molecule has 1 aromatic rings. The summed E-state index contributed by atoms with van der Waals surface area (Å²) in [6.07, 6.45) is -0.770. The molecule has 7 heteroatoms. The Balaban J connectivity index is 3.24. The highest BCUT2D eigenvalue weighted by molar-refractivity contribution is 7.89. The van der Waals surface area contributed by atoms with Crippen LogP contribution in [0.25, 0.3) is 0 Å². The number of ether oxygens (including phenoxy) is 2. The molecule has 0 saturated heterocycles. The van der Waals surface area contributed by atoms with Crippen molar-refractivity contribution in [3.8, 4) is 11.5 Å².